The molecule has 110 valence electrons. The van der Waals surface area contributed by atoms with Gasteiger partial charge in [-0.3, -0.25) is 0 Å². The SMILES string of the molecule is Cc1nc(C(C)(C)C)sc1C(C)NCCCCCO. The molecule has 0 amide bonds. The van der Waals surface area contributed by atoms with Gasteiger partial charge in [-0.25, -0.2) is 4.98 Å². The molecule has 1 unspecified atom stereocenters. The van der Waals surface area contributed by atoms with Crippen LogP contribution in [0.4, 0.5) is 0 Å². The largest absolute Gasteiger partial charge is 0.396 e. The number of aliphatic hydroxyl groups excluding tert-OH is 1. The lowest BCUT2D eigenvalue weighted by Gasteiger charge is -2.14. The van der Waals surface area contributed by atoms with Gasteiger partial charge in [-0.1, -0.05) is 20.8 Å². The Bertz CT molecular complexity index is 382. The lowest BCUT2D eigenvalue weighted by Crippen LogP contribution is -2.19. The van der Waals surface area contributed by atoms with E-state index in [4.69, 9.17) is 10.1 Å². The Hall–Kier alpha value is -0.450. The number of hydrogen-bond donors (Lipinski definition) is 2. The highest BCUT2D eigenvalue weighted by Crippen LogP contribution is 2.32. The van der Waals surface area contributed by atoms with Gasteiger partial charge >= 0.3 is 0 Å². The van der Waals surface area contributed by atoms with Gasteiger partial charge in [0.15, 0.2) is 0 Å². The summed E-state index contributed by atoms with van der Waals surface area (Å²) in [6.45, 7) is 12.2. The maximum Gasteiger partial charge on any atom is 0.0985 e. The van der Waals surface area contributed by atoms with Crippen LogP contribution in [0.25, 0.3) is 0 Å². The number of hydrogen-bond acceptors (Lipinski definition) is 4. The van der Waals surface area contributed by atoms with Gasteiger partial charge in [0.1, 0.15) is 0 Å². The maximum atomic E-state index is 8.74. The average molecular weight is 284 g/mol. The molecule has 0 aromatic carbocycles. The fraction of sp³-hybridized carbons (Fsp3) is 0.800. The Morgan fingerprint density at radius 2 is 1.95 bits per heavy atom. The van der Waals surface area contributed by atoms with E-state index in [1.54, 1.807) is 0 Å². The summed E-state index contributed by atoms with van der Waals surface area (Å²) in [7, 11) is 0. The van der Waals surface area contributed by atoms with Crippen molar-refractivity contribution in [2.45, 2.75) is 65.3 Å². The van der Waals surface area contributed by atoms with Crippen molar-refractivity contribution in [1.29, 1.82) is 0 Å². The number of unbranched alkanes of at least 4 members (excludes halogenated alkanes) is 2. The zero-order chi connectivity index (χ0) is 14.5. The van der Waals surface area contributed by atoms with Gasteiger partial charge in [-0.2, -0.15) is 0 Å². The second kappa shape index (κ2) is 7.36. The smallest absolute Gasteiger partial charge is 0.0985 e. The monoisotopic (exact) mass is 284 g/mol. The average Bonchev–Trinajstić information content (AvgIpc) is 2.70. The standard InChI is InChI=1S/C15H28N2OS/c1-11(16-9-7-6-8-10-18)13-12(2)17-14(19-13)15(3,4)5/h11,16,18H,6-10H2,1-5H3. The van der Waals surface area contributed by atoms with Gasteiger partial charge in [0, 0.05) is 22.9 Å². The number of thiazole rings is 1. The Balaban J connectivity index is 2.52. The van der Waals surface area contributed by atoms with Gasteiger partial charge in [0.05, 0.1) is 10.7 Å². The van der Waals surface area contributed by atoms with Gasteiger partial charge in [-0.15, -0.1) is 11.3 Å². The van der Waals surface area contributed by atoms with E-state index in [1.165, 1.54) is 9.88 Å². The van der Waals surface area contributed by atoms with E-state index in [0.29, 0.717) is 12.6 Å². The molecule has 0 spiro atoms. The van der Waals surface area contributed by atoms with Crippen molar-refractivity contribution in [2.24, 2.45) is 0 Å². The normalized spacial score (nSPS) is 13.8. The molecular formula is C15H28N2OS. The number of nitrogens with one attached hydrogen (secondary N) is 1. The van der Waals surface area contributed by atoms with Crippen LogP contribution in [0.2, 0.25) is 0 Å². The van der Waals surface area contributed by atoms with Crippen molar-refractivity contribution in [3.8, 4) is 0 Å². The van der Waals surface area contributed by atoms with Crippen molar-refractivity contribution in [1.82, 2.24) is 10.3 Å². The Morgan fingerprint density at radius 3 is 2.47 bits per heavy atom. The zero-order valence-electron chi connectivity index (χ0n) is 12.9. The fourth-order valence-electron chi connectivity index (χ4n) is 1.96. The van der Waals surface area contributed by atoms with Crippen molar-refractivity contribution < 1.29 is 5.11 Å². The minimum atomic E-state index is 0.133. The molecule has 0 aliphatic heterocycles. The fourth-order valence-corrected chi connectivity index (χ4v) is 3.11. The molecular weight excluding hydrogens is 256 g/mol. The summed E-state index contributed by atoms with van der Waals surface area (Å²) in [5.41, 5.74) is 1.29. The molecule has 1 atom stereocenters. The molecule has 0 saturated carbocycles. The molecule has 0 aliphatic rings. The first-order valence-corrected chi connectivity index (χ1v) is 8.00. The highest BCUT2D eigenvalue weighted by Gasteiger charge is 2.22. The topological polar surface area (TPSA) is 45.2 Å². The highest BCUT2D eigenvalue weighted by atomic mass is 32.1. The van der Waals surface area contributed by atoms with Crippen molar-refractivity contribution in [3.05, 3.63) is 15.6 Å². The van der Waals surface area contributed by atoms with Crippen LogP contribution in [0.3, 0.4) is 0 Å². The third kappa shape index (κ3) is 5.21. The minimum Gasteiger partial charge on any atom is -0.396 e. The molecule has 0 saturated heterocycles. The molecule has 0 fully saturated rings. The molecule has 3 nitrogen and oxygen atoms in total. The van der Waals surface area contributed by atoms with Crippen LogP contribution in [0.5, 0.6) is 0 Å². The van der Waals surface area contributed by atoms with Gasteiger partial charge < -0.3 is 10.4 Å². The summed E-state index contributed by atoms with van der Waals surface area (Å²) >= 11 is 1.83. The third-order valence-electron chi connectivity index (χ3n) is 3.15. The summed E-state index contributed by atoms with van der Waals surface area (Å²) in [4.78, 5) is 6.06. The number of rotatable bonds is 7. The van der Waals surface area contributed by atoms with E-state index in [-0.39, 0.29) is 5.41 Å². The lowest BCUT2D eigenvalue weighted by atomic mass is 9.98. The molecule has 1 rings (SSSR count). The first-order valence-electron chi connectivity index (χ1n) is 7.18. The lowest BCUT2D eigenvalue weighted by molar-refractivity contribution is 0.282. The Morgan fingerprint density at radius 1 is 1.26 bits per heavy atom. The van der Waals surface area contributed by atoms with Crippen molar-refractivity contribution in [2.75, 3.05) is 13.2 Å². The molecule has 1 aromatic rings. The van der Waals surface area contributed by atoms with E-state index in [2.05, 4.69) is 39.9 Å². The number of aromatic nitrogens is 1. The molecule has 2 N–H and O–H groups in total. The summed E-state index contributed by atoms with van der Waals surface area (Å²) in [5.74, 6) is 0. The van der Waals surface area contributed by atoms with Crippen molar-refractivity contribution >= 4 is 11.3 Å². The number of nitrogens with zero attached hydrogens (tertiary/aromatic N) is 1. The van der Waals surface area contributed by atoms with Gasteiger partial charge in [0.2, 0.25) is 0 Å². The van der Waals surface area contributed by atoms with Crippen LogP contribution < -0.4 is 5.32 Å². The van der Waals surface area contributed by atoms with E-state index >= 15 is 0 Å². The van der Waals surface area contributed by atoms with E-state index in [9.17, 15) is 0 Å². The van der Waals surface area contributed by atoms with Crippen LogP contribution in [0.1, 0.15) is 68.6 Å². The summed E-state index contributed by atoms with van der Waals surface area (Å²) < 4.78 is 0. The first-order chi connectivity index (χ1) is 8.86. The van der Waals surface area contributed by atoms with Crippen LogP contribution in [-0.4, -0.2) is 23.2 Å². The molecule has 0 aliphatic carbocycles. The zero-order valence-corrected chi connectivity index (χ0v) is 13.7. The molecule has 1 aromatic heterocycles. The highest BCUT2D eigenvalue weighted by molar-refractivity contribution is 7.12. The van der Waals surface area contributed by atoms with E-state index in [0.717, 1.165) is 31.5 Å². The summed E-state index contributed by atoms with van der Waals surface area (Å²) in [5, 5.41) is 13.5. The summed E-state index contributed by atoms with van der Waals surface area (Å²) in [6, 6.07) is 0.364. The summed E-state index contributed by atoms with van der Waals surface area (Å²) in [6.07, 6.45) is 3.11. The van der Waals surface area contributed by atoms with Gasteiger partial charge in [-0.05, 0) is 39.7 Å². The number of aliphatic hydroxyl groups is 1. The first kappa shape index (κ1) is 16.6. The van der Waals surface area contributed by atoms with Crippen molar-refractivity contribution in [3.63, 3.8) is 0 Å². The predicted octanol–water partition coefficient (Wildman–Crippen LogP) is 3.56. The molecule has 0 bridgehead atoms. The molecule has 4 heteroatoms. The van der Waals surface area contributed by atoms with E-state index in [1.807, 2.05) is 11.3 Å². The predicted molar refractivity (Wildman–Crippen MR) is 82.9 cm³/mol. The van der Waals surface area contributed by atoms with E-state index < -0.39 is 0 Å². The van der Waals surface area contributed by atoms with Crippen LogP contribution in [0.15, 0.2) is 0 Å². The number of aryl methyl sites for hydroxylation is 1. The second-order valence-electron chi connectivity index (χ2n) is 6.18. The van der Waals surface area contributed by atoms with Crippen LogP contribution in [-0.2, 0) is 5.41 Å². The quantitative estimate of drug-likeness (QED) is 0.753. The Kier molecular flexibility index (Phi) is 6.43. The molecule has 0 radical (unpaired) electrons. The minimum absolute atomic E-state index is 0.133. The van der Waals surface area contributed by atoms with Gasteiger partial charge in [0.25, 0.3) is 0 Å². The molecule has 19 heavy (non-hydrogen) atoms. The van der Waals surface area contributed by atoms with Crippen LogP contribution in [0, 0.1) is 6.92 Å². The van der Waals surface area contributed by atoms with Crippen LogP contribution >= 0.6 is 11.3 Å². The second-order valence-corrected chi connectivity index (χ2v) is 7.21. The molecule has 1 heterocycles. The third-order valence-corrected chi connectivity index (χ3v) is 4.92. The maximum absolute atomic E-state index is 8.74. The Labute approximate surface area is 121 Å².